The molecule has 0 radical (unpaired) electrons. The molecule has 0 saturated heterocycles. The first-order chi connectivity index (χ1) is 10.8. The molecule has 1 atom stereocenters. The van der Waals surface area contributed by atoms with E-state index in [0.717, 1.165) is 22.6 Å². The maximum Gasteiger partial charge on any atom is 0.233 e. The van der Waals surface area contributed by atoms with Gasteiger partial charge in [-0.25, -0.2) is 0 Å². The normalized spacial score (nSPS) is 11.9. The largest absolute Gasteiger partial charge is 0.496 e. The van der Waals surface area contributed by atoms with Gasteiger partial charge in [0.2, 0.25) is 5.88 Å². The van der Waals surface area contributed by atoms with Crippen molar-refractivity contribution in [1.82, 2.24) is 10.2 Å². The minimum atomic E-state index is -0.0602. The summed E-state index contributed by atoms with van der Waals surface area (Å²) in [4.78, 5) is 0. The first-order valence-corrected chi connectivity index (χ1v) is 7.18. The van der Waals surface area contributed by atoms with Crippen LogP contribution in [-0.4, -0.2) is 17.3 Å². The molecule has 1 N–H and O–H groups in total. The Kier molecular flexibility index (Phi) is 4.10. The van der Waals surface area contributed by atoms with E-state index in [1.54, 1.807) is 7.11 Å². The molecule has 0 saturated carbocycles. The lowest BCUT2D eigenvalue weighted by molar-refractivity contribution is 0.217. The van der Waals surface area contributed by atoms with Crippen LogP contribution < -0.4 is 9.47 Å². The zero-order valence-corrected chi connectivity index (χ0v) is 12.6. The highest BCUT2D eigenvalue weighted by Gasteiger charge is 2.12. The topological polar surface area (TPSA) is 47.1 Å². The van der Waals surface area contributed by atoms with Crippen molar-refractivity contribution in [1.29, 1.82) is 0 Å². The van der Waals surface area contributed by atoms with E-state index in [2.05, 4.69) is 10.2 Å². The van der Waals surface area contributed by atoms with Gasteiger partial charge < -0.3 is 9.47 Å². The Morgan fingerprint density at radius 1 is 1.00 bits per heavy atom. The number of hydrogen-bond acceptors (Lipinski definition) is 3. The summed E-state index contributed by atoms with van der Waals surface area (Å²) >= 11 is 0. The van der Waals surface area contributed by atoms with Crippen LogP contribution in [0.4, 0.5) is 0 Å². The SMILES string of the molecule is COc1ccccc1-c1cc(O[C@@H](C)c2ccccc2)n[nH]1. The molecule has 0 aliphatic heterocycles. The fraction of sp³-hybridized carbons (Fsp3) is 0.167. The number of ether oxygens (including phenoxy) is 2. The molecule has 0 aliphatic rings. The van der Waals surface area contributed by atoms with E-state index in [9.17, 15) is 0 Å². The molecule has 0 amide bonds. The third-order valence-corrected chi connectivity index (χ3v) is 3.52. The zero-order chi connectivity index (χ0) is 15.4. The van der Waals surface area contributed by atoms with Crippen LogP contribution in [0.1, 0.15) is 18.6 Å². The second kappa shape index (κ2) is 6.35. The lowest BCUT2D eigenvalue weighted by atomic mass is 10.1. The van der Waals surface area contributed by atoms with Gasteiger partial charge in [0.05, 0.1) is 12.8 Å². The van der Waals surface area contributed by atoms with E-state index in [0.29, 0.717) is 5.88 Å². The summed E-state index contributed by atoms with van der Waals surface area (Å²) in [7, 11) is 1.66. The molecular formula is C18H18N2O2. The van der Waals surface area contributed by atoms with Crippen LogP contribution >= 0.6 is 0 Å². The van der Waals surface area contributed by atoms with Crippen molar-refractivity contribution < 1.29 is 9.47 Å². The molecule has 4 nitrogen and oxygen atoms in total. The molecule has 1 aromatic heterocycles. The van der Waals surface area contributed by atoms with Gasteiger partial charge in [-0.15, -0.1) is 5.10 Å². The molecular weight excluding hydrogens is 276 g/mol. The summed E-state index contributed by atoms with van der Waals surface area (Å²) in [6.45, 7) is 2.01. The Hall–Kier alpha value is -2.75. The molecule has 4 heteroatoms. The van der Waals surface area contributed by atoms with Crippen LogP contribution in [0.15, 0.2) is 60.7 Å². The summed E-state index contributed by atoms with van der Waals surface area (Å²) in [5.41, 5.74) is 2.94. The molecule has 3 aromatic rings. The molecule has 0 spiro atoms. The average molecular weight is 294 g/mol. The minimum absolute atomic E-state index is 0.0602. The number of aromatic amines is 1. The number of aromatic nitrogens is 2. The van der Waals surface area contributed by atoms with Crippen LogP contribution in [0, 0.1) is 0 Å². The second-order valence-electron chi connectivity index (χ2n) is 4.99. The fourth-order valence-electron chi connectivity index (χ4n) is 2.34. The Labute approximate surface area is 129 Å². The van der Waals surface area contributed by atoms with Gasteiger partial charge in [-0.2, -0.15) is 0 Å². The second-order valence-corrected chi connectivity index (χ2v) is 4.99. The van der Waals surface area contributed by atoms with Crippen LogP contribution in [0.3, 0.4) is 0 Å². The first kappa shape index (κ1) is 14.2. The van der Waals surface area contributed by atoms with Gasteiger partial charge in [0.1, 0.15) is 11.9 Å². The predicted octanol–water partition coefficient (Wildman–Crippen LogP) is 4.23. The van der Waals surface area contributed by atoms with E-state index in [1.807, 2.05) is 67.6 Å². The number of methoxy groups -OCH3 is 1. The van der Waals surface area contributed by atoms with Crippen molar-refractivity contribution >= 4 is 0 Å². The first-order valence-electron chi connectivity index (χ1n) is 7.18. The highest BCUT2D eigenvalue weighted by atomic mass is 16.5. The lowest BCUT2D eigenvalue weighted by Crippen LogP contribution is -2.02. The molecule has 0 fully saturated rings. The van der Waals surface area contributed by atoms with E-state index >= 15 is 0 Å². The highest BCUT2D eigenvalue weighted by Crippen LogP contribution is 2.30. The molecule has 112 valence electrons. The van der Waals surface area contributed by atoms with Gasteiger partial charge >= 0.3 is 0 Å². The highest BCUT2D eigenvalue weighted by molar-refractivity contribution is 5.67. The molecule has 22 heavy (non-hydrogen) atoms. The van der Waals surface area contributed by atoms with E-state index < -0.39 is 0 Å². The van der Waals surface area contributed by atoms with Crippen molar-refractivity contribution in [2.24, 2.45) is 0 Å². The molecule has 0 bridgehead atoms. The summed E-state index contributed by atoms with van der Waals surface area (Å²) in [6, 6.07) is 19.8. The maximum absolute atomic E-state index is 5.89. The van der Waals surface area contributed by atoms with Crippen LogP contribution in [0.2, 0.25) is 0 Å². The number of hydrogen-bond donors (Lipinski definition) is 1. The predicted molar refractivity (Wildman–Crippen MR) is 86.1 cm³/mol. The zero-order valence-electron chi connectivity index (χ0n) is 12.6. The Bertz CT molecular complexity index is 738. The fourth-order valence-corrected chi connectivity index (χ4v) is 2.34. The third kappa shape index (κ3) is 2.96. The van der Waals surface area contributed by atoms with Gasteiger partial charge in [-0.1, -0.05) is 42.5 Å². The molecule has 1 heterocycles. The van der Waals surface area contributed by atoms with Gasteiger partial charge in [-0.3, -0.25) is 5.10 Å². The Morgan fingerprint density at radius 2 is 1.73 bits per heavy atom. The smallest absolute Gasteiger partial charge is 0.233 e. The molecule has 0 unspecified atom stereocenters. The van der Waals surface area contributed by atoms with Crippen molar-refractivity contribution in [2.45, 2.75) is 13.0 Å². The van der Waals surface area contributed by atoms with Gasteiger partial charge in [-0.05, 0) is 24.6 Å². The quantitative estimate of drug-likeness (QED) is 0.766. The van der Waals surface area contributed by atoms with Crippen molar-refractivity contribution in [3.8, 4) is 22.9 Å². The number of rotatable bonds is 5. The summed E-state index contributed by atoms with van der Waals surface area (Å²) < 4.78 is 11.3. The van der Waals surface area contributed by atoms with Gasteiger partial charge in [0, 0.05) is 11.6 Å². The number of nitrogens with zero attached hydrogens (tertiary/aromatic N) is 1. The monoisotopic (exact) mass is 294 g/mol. The minimum Gasteiger partial charge on any atom is -0.496 e. The number of para-hydroxylation sites is 1. The Balaban J connectivity index is 1.79. The summed E-state index contributed by atoms with van der Waals surface area (Å²) in [5, 5.41) is 7.23. The lowest BCUT2D eigenvalue weighted by Gasteiger charge is -2.12. The van der Waals surface area contributed by atoms with Crippen molar-refractivity contribution in [2.75, 3.05) is 7.11 Å². The summed E-state index contributed by atoms with van der Waals surface area (Å²) in [6.07, 6.45) is -0.0602. The van der Waals surface area contributed by atoms with Crippen molar-refractivity contribution in [3.05, 3.63) is 66.2 Å². The standard InChI is InChI=1S/C18H18N2O2/c1-13(14-8-4-3-5-9-14)22-18-12-16(19-20-18)15-10-6-7-11-17(15)21-2/h3-13H,1-2H3,(H,19,20)/t13-/m0/s1. The molecule has 3 rings (SSSR count). The van der Waals surface area contributed by atoms with Crippen LogP contribution in [0.5, 0.6) is 11.6 Å². The number of nitrogens with one attached hydrogen (secondary N) is 1. The van der Waals surface area contributed by atoms with Crippen molar-refractivity contribution in [3.63, 3.8) is 0 Å². The number of H-pyrrole nitrogens is 1. The van der Waals surface area contributed by atoms with Gasteiger partial charge in [0.25, 0.3) is 0 Å². The van der Waals surface area contributed by atoms with Crippen LogP contribution in [-0.2, 0) is 0 Å². The molecule has 0 aliphatic carbocycles. The number of benzene rings is 2. The van der Waals surface area contributed by atoms with Crippen LogP contribution in [0.25, 0.3) is 11.3 Å². The molecule has 2 aromatic carbocycles. The maximum atomic E-state index is 5.89. The van der Waals surface area contributed by atoms with E-state index in [4.69, 9.17) is 9.47 Å². The third-order valence-electron chi connectivity index (χ3n) is 3.52. The van der Waals surface area contributed by atoms with E-state index in [1.165, 1.54) is 0 Å². The summed E-state index contributed by atoms with van der Waals surface area (Å²) in [5.74, 6) is 1.37. The van der Waals surface area contributed by atoms with E-state index in [-0.39, 0.29) is 6.10 Å². The Morgan fingerprint density at radius 3 is 2.50 bits per heavy atom. The average Bonchev–Trinajstić information content (AvgIpc) is 3.04. The van der Waals surface area contributed by atoms with Gasteiger partial charge in [0.15, 0.2) is 0 Å².